The Morgan fingerprint density at radius 2 is 2.15 bits per heavy atom. The molecule has 3 rings (SSSR count). The van der Waals surface area contributed by atoms with E-state index in [0.717, 1.165) is 5.57 Å². The van der Waals surface area contributed by atoms with E-state index in [9.17, 15) is 20.1 Å². The number of aliphatic hydroxyl groups is 3. The van der Waals surface area contributed by atoms with E-state index in [2.05, 4.69) is 6.58 Å². The third-order valence-electron chi connectivity index (χ3n) is 5.47. The van der Waals surface area contributed by atoms with Crippen LogP contribution < -0.4 is 0 Å². The number of rotatable bonds is 3. The minimum absolute atomic E-state index is 0.0829. The predicted octanol–water partition coefficient (Wildman–Crippen LogP) is 1.61. The third-order valence-corrected chi connectivity index (χ3v) is 5.47. The molecule has 0 spiro atoms. The van der Waals surface area contributed by atoms with E-state index in [4.69, 9.17) is 9.47 Å². The van der Waals surface area contributed by atoms with Gasteiger partial charge in [-0.3, -0.25) is 0 Å². The minimum Gasteiger partial charge on any atom is -0.423 e. The Hall–Kier alpha value is -1.47. The van der Waals surface area contributed by atoms with E-state index in [0.29, 0.717) is 30.6 Å². The summed E-state index contributed by atoms with van der Waals surface area (Å²) in [5.41, 5.74) is -0.825. The molecule has 5 atom stereocenters. The fourth-order valence-electron chi connectivity index (χ4n) is 4.04. The van der Waals surface area contributed by atoms with Crippen LogP contribution in [0.5, 0.6) is 0 Å². The summed E-state index contributed by atoms with van der Waals surface area (Å²) in [5.74, 6) is -0.791. The smallest absolute Gasteiger partial charge is 0.339 e. The van der Waals surface area contributed by atoms with Gasteiger partial charge in [-0.1, -0.05) is 12.2 Å². The van der Waals surface area contributed by atoms with Crippen molar-refractivity contribution in [1.29, 1.82) is 0 Å². The van der Waals surface area contributed by atoms with Gasteiger partial charge in [-0.25, -0.2) is 4.79 Å². The predicted molar refractivity (Wildman–Crippen MR) is 94.9 cm³/mol. The highest BCUT2D eigenvalue weighted by atomic mass is 16.6. The first-order chi connectivity index (χ1) is 12.0. The standard InChI is InChI=1S/C20H28O6/c1-11-7-16-17(26-16)20(4,24)6-5-13(15(11)10-21)14-8-12(25-18(14)22)9-19(2,3)23/h8-9,13,15-17,21,23-24H,1,5-7,10H2,2-4H3/b12-9+/t13-,15+,16-,17-,20+/m1/s1. The second-order valence-electron chi connectivity index (χ2n) is 8.44. The largest absolute Gasteiger partial charge is 0.423 e. The molecular formula is C20H28O6. The Kier molecular flexibility index (Phi) is 4.90. The number of hydrogen-bond acceptors (Lipinski definition) is 6. The molecule has 0 amide bonds. The molecule has 6 nitrogen and oxygen atoms in total. The molecule has 26 heavy (non-hydrogen) atoms. The number of allylic oxidation sites excluding steroid dienone is 1. The van der Waals surface area contributed by atoms with Crippen LogP contribution in [0.4, 0.5) is 0 Å². The van der Waals surface area contributed by atoms with Gasteiger partial charge in [0.15, 0.2) is 0 Å². The molecule has 144 valence electrons. The van der Waals surface area contributed by atoms with Crippen LogP contribution in [0.1, 0.15) is 40.0 Å². The van der Waals surface area contributed by atoms with E-state index in [1.54, 1.807) is 26.8 Å². The number of carbonyl (C=O) groups excluding carboxylic acids is 1. The fraction of sp³-hybridized carbons (Fsp3) is 0.650. The number of aliphatic hydroxyl groups excluding tert-OH is 1. The summed E-state index contributed by atoms with van der Waals surface area (Å²) >= 11 is 0. The average molecular weight is 364 g/mol. The van der Waals surface area contributed by atoms with Crippen LogP contribution in [-0.4, -0.2) is 51.3 Å². The summed E-state index contributed by atoms with van der Waals surface area (Å²) in [4.78, 5) is 12.4. The van der Waals surface area contributed by atoms with Crippen LogP contribution in [0, 0.1) is 11.8 Å². The van der Waals surface area contributed by atoms with Crippen LogP contribution in [0.3, 0.4) is 0 Å². The lowest BCUT2D eigenvalue weighted by molar-refractivity contribution is -0.134. The van der Waals surface area contributed by atoms with Gasteiger partial charge in [0.25, 0.3) is 0 Å². The lowest BCUT2D eigenvalue weighted by Gasteiger charge is -2.29. The molecule has 1 saturated heterocycles. The molecule has 2 heterocycles. The number of ether oxygens (including phenoxy) is 2. The highest BCUT2D eigenvalue weighted by molar-refractivity contribution is 5.93. The van der Waals surface area contributed by atoms with Crippen molar-refractivity contribution in [3.8, 4) is 0 Å². The SMILES string of the molecule is C=C1C[C@H]2O[C@H]2[C@@](C)(O)CC[C@H](C2=C/C(=C\C(C)(C)O)OC2=O)[C@H]1CO. The monoisotopic (exact) mass is 364 g/mol. The molecule has 2 aliphatic heterocycles. The number of esters is 1. The van der Waals surface area contributed by atoms with E-state index in [1.807, 2.05) is 0 Å². The molecule has 1 saturated carbocycles. The average Bonchev–Trinajstić information content (AvgIpc) is 3.18. The first-order valence-electron chi connectivity index (χ1n) is 9.07. The quantitative estimate of drug-likeness (QED) is 0.400. The van der Waals surface area contributed by atoms with Gasteiger partial charge in [-0.05, 0) is 52.2 Å². The topological polar surface area (TPSA) is 99.5 Å². The van der Waals surface area contributed by atoms with E-state index < -0.39 is 17.2 Å². The fourth-order valence-corrected chi connectivity index (χ4v) is 4.04. The maximum absolute atomic E-state index is 12.4. The van der Waals surface area contributed by atoms with Crippen molar-refractivity contribution >= 4 is 5.97 Å². The Labute approximate surface area is 153 Å². The van der Waals surface area contributed by atoms with Gasteiger partial charge >= 0.3 is 5.97 Å². The van der Waals surface area contributed by atoms with Gasteiger partial charge in [0.1, 0.15) is 11.9 Å². The first-order valence-corrected chi connectivity index (χ1v) is 9.07. The maximum atomic E-state index is 12.4. The lowest BCUT2D eigenvalue weighted by Crippen LogP contribution is -2.33. The number of fused-ring (bicyclic) bond motifs is 1. The normalized spacial score (nSPS) is 39.6. The third kappa shape index (κ3) is 3.93. The molecule has 1 aliphatic carbocycles. The van der Waals surface area contributed by atoms with Crippen LogP contribution in [0.25, 0.3) is 0 Å². The summed E-state index contributed by atoms with van der Waals surface area (Å²) in [7, 11) is 0. The van der Waals surface area contributed by atoms with Gasteiger partial charge < -0.3 is 24.8 Å². The maximum Gasteiger partial charge on any atom is 0.339 e. The Morgan fingerprint density at radius 3 is 2.77 bits per heavy atom. The van der Waals surface area contributed by atoms with Crippen LogP contribution >= 0.6 is 0 Å². The van der Waals surface area contributed by atoms with E-state index in [-0.39, 0.29) is 30.7 Å². The lowest BCUT2D eigenvalue weighted by atomic mass is 9.77. The second-order valence-corrected chi connectivity index (χ2v) is 8.44. The second kappa shape index (κ2) is 6.60. The molecule has 0 aromatic carbocycles. The van der Waals surface area contributed by atoms with E-state index >= 15 is 0 Å². The van der Waals surface area contributed by atoms with Crippen molar-refractivity contribution in [2.45, 2.75) is 63.4 Å². The van der Waals surface area contributed by atoms with E-state index in [1.165, 1.54) is 6.08 Å². The molecule has 2 fully saturated rings. The zero-order valence-corrected chi connectivity index (χ0v) is 15.6. The number of hydrogen-bond donors (Lipinski definition) is 3. The highest BCUT2D eigenvalue weighted by Crippen LogP contribution is 2.46. The Morgan fingerprint density at radius 1 is 1.46 bits per heavy atom. The highest BCUT2D eigenvalue weighted by Gasteiger charge is 2.53. The Bertz CT molecular complexity index is 666. The summed E-state index contributed by atoms with van der Waals surface area (Å²) < 4.78 is 10.9. The van der Waals surface area contributed by atoms with Crippen molar-refractivity contribution in [2.75, 3.05) is 6.61 Å². The molecule has 3 aliphatic rings. The van der Waals surface area contributed by atoms with Crippen molar-refractivity contribution in [3.63, 3.8) is 0 Å². The van der Waals surface area contributed by atoms with Crippen molar-refractivity contribution in [1.82, 2.24) is 0 Å². The number of epoxide rings is 1. The molecule has 0 bridgehead atoms. The van der Waals surface area contributed by atoms with Crippen molar-refractivity contribution < 1.29 is 29.6 Å². The van der Waals surface area contributed by atoms with Crippen LogP contribution in [0.15, 0.2) is 35.6 Å². The van der Waals surface area contributed by atoms with Gasteiger partial charge in [0, 0.05) is 17.4 Å². The number of carbonyl (C=O) groups is 1. The first kappa shape index (κ1) is 19.3. The van der Waals surface area contributed by atoms with Crippen LogP contribution in [-0.2, 0) is 14.3 Å². The Balaban J connectivity index is 1.92. The number of cyclic esters (lactones) is 1. The summed E-state index contributed by atoms with van der Waals surface area (Å²) in [6.07, 6.45) is 4.29. The summed E-state index contributed by atoms with van der Waals surface area (Å²) in [5, 5.41) is 30.6. The molecular weight excluding hydrogens is 336 g/mol. The zero-order chi connectivity index (χ0) is 19.3. The van der Waals surface area contributed by atoms with Gasteiger partial charge in [0.05, 0.1) is 23.9 Å². The van der Waals surface area contributed by atoms with Crippen molar-refractivity contribution in [2.24, 2.45) is 11.8 Å². The van der Waals surface area contributed by atoms with Gasteiger partial charge in [-0.2, -0.15) is 0 Å². The molecule has 0 radical (unpaired) electrons. The summed E-state index contributed by atoms with van der Waals surface area (Å²) in [6.45, 7) is 8.91. The molecule has 3 N–H and O–H groups in total. The molecule has 0 unspecified atom stereocenters. The summed E-state index contributed by atoms with van der Waals surface area (Å²) in [6, 6.07) is 0. The van der Waals surface area contributed by atoms with Crippen molar-refractivity contribution in [3.05, 3.63) is 35.6 Å². The minimum atomic E-state index is -1.11. The molecule has 6 heteroatoms. The van der Waals surface area contributed by atoms with Crippen LogP contribution in [0.2, 0.25) is 0 Å². The molecule has 0 aromatic heterocycles. The zero-order valence-electron chi connectivity index (χ0n) is 15.6. The molecule has 0 aromatic rings. The van der Waals surface area contributed by atoms with Gasteiger partial charge in [0.2, 0.25) is 0 Å². The van der Waals surface area contributed by atoms with Gasteiger partial charge in [-0.15, -0.1) is 0 Å².